The molecule has 1 N–H and O–H groups in total. The summed E-state index contributed by atoms with van der Waals surface area (Å²) in [6.07, 6.45) is 2.50. The molecule has 1 aromatic heterocycles. The molecule has 1 atom stereocenters. The number of benzene rings is 1. The molecule has 2 aromatic rings. The summed E-state index contributed by atoms with van der Waals surface area (Å²) in [6.45, 7) is 0. The van der Waals surface area contributed by atoms with Gasteiger partial charge in [-0.1, -0.05) is 36.4 Å². The van der Waals surface area contributed by atoms with Crippen LogP contribution in [0.25, 0.3) is 0 Å². The van der Waals surface area contributed by atoms with Gasteiger partial charge in [0.1, 0.15) is 5.69 Å². The van der Waals surface area contributed by atoms with Gasteiger partial charge >= 0.3 is 5.97 Å². The molecule has 3 rings (SSSR count). The second kappa shape index (κ2) is 6.39. The lowest BCUT2D eigenvalue weighted by Gasteiger charge is -2.17. The monoisotopic (exact) mass is 296 g/mol. The lowest BCUT2D eigenvalue weighted by molar-refractivity contribution is -0.130. The van der Waals surface area contributed by atoms with Crippen LogP contribution in [0.5, 0.6) is 0 Å². The van der Waals surface area contributed by atoms with Gasteiger partial charge in [-0.15, -0.1) is 0 Å². The molecule has 0 spiro atoms. The molecule has 1 fully saturated rings. The van der Waals surface area contributed by atoms with Crippen LogP contribution in [0.4, 0.5) is 0 Å². The van der Waals surface area contributed by atoms with Crippen molar-refractivity contribution in [2.24, 2.45) is 0 Å². The van der Waals surface area contributed by atoms with Crippen molar-refractivity contribution < 1.29 is 14.3 Å². The highest BCUT2D eigenvalue weighted by atomic mass is 16.5. The molecule has 5 heteroatoms. The van der Waals surface area contributed by atoms with Crippen molar-refractivity contribution in [3.8, 4) is 0 Å². The Kier molecular flexibility index (Phi) is 4.14. The van der Waals surface area contributed by atoms with Gasteiger partial charge in [-0.3, -0.25) is 4.79 Å². The minimum Gasteiger partial charge on any atom is -0.443 e. The number of rotatable bonds is 5. The first-order valence-corrected chi connectivity index (χ1v) is 7.21. The minimum atomic E-state index is -0.962. The van der Waals surface area contributed by atoms with Crippen molar-refractivity contribution >= 4 is 11.9 Å². The van der Waals surface area contributed by atoms with Crippen LogP contribution in [0.1, 0.15) is 35.0 Å². The number of hydrogen-bond acceptors (Lipinski definition) is 4. The van der Waals surface area contributed by atoms with Crippen LogP contribution in [0, 0.1) is 0 Å². The maximum absolute atomic E-state index is 12.4. The van der Waals surface area contributed by atoms with Gasteiger partial charge < -0.3 is 10.1 Å². The Morgan fingerprint density at radius 1 is 1.09 bits per heavy atom. The zero-order valence-electron chi connectivity index (χ0n) is 11.9. The molecule has 22 heavy (non-hydrogen) atoms. The molecule has 1 aliphatic carbocycles. The van der Waals surface area contributed by atoms with Gasteiger partial charge in [0.2, 0.25) is 6.10 Å². The van der Waals surface area contributed by atoms with E-state index in [9.17, 15) is 9.59 Å². The van der Waals surface area contributed by atoms with Gasteiger partial charge in [0, 0.05) is 17.8 Å². The lowest BCUT2D eigenvalue weighted by atomic mass is 10.1. The highest BCUT2D eigenvalue weighted by Crippen LogP contribution is 2.23. The Balaban J connectivity index is 1.79. The van der Waals surface area contributed by atoms with Gasteiger partial charge in [0.25, 0.3) is 5.91 Å². The Bertz CT molecular complexity index is 654. The Morgan fingerprint density at radius 2 is 1.82 bits per heavy atom. The average Bonchev–Trinajstić information content (AvgIpc) is 3.38. The lowest BCUT2D eigenvalue weighted by Crippen LogP contribution is -2.33. The van der Waals surface area contributed by atoms with Gasteiger partial charge in [-0.2, -0.15) is 0 Å². The molecule has 1 aromatic carbocycles. The first-order valence-electron chi connectivity index (χ1n) is 7.21. The second-order valence-corrected chi connectivity index (χ2v) is 5.19. The molecule has 1 saturated carbocycles. The summed E-state index contributed by atoms with van der Waals surface area (Å²) in [5.41, 5.74) is 0.826. The number of hydrogen-bond donors (Lipinski definition) is 1. The summed E-state index contributed by atoms with van der Waals surface area (Å²) in [4.78, 5) is 28.5. The summed E-state index contributed by atoms with van der Waals surface area (Å²) in [6, 6.07) is 14.2. The average molecular weight is 296 g/mol. The SMILES string of the molecule is O=C(O[C@H](C(=O)NC1CC1)c1ccccc1)c1ccccn1. The molecular formula is C17H16N2O3. The zero-order chi connectivity index (χ0) is 15.4. The molecule has 0 radical (unpaired) electrons. The van der Waals surface area contributed by atoms with Crippen LogP contribution in [0.3, 0.4) is 0 Å². The van der Waals surface area contributed by atoms with Crippen LogP contribution >= 0.6 is 0 Å². The predicted octanol–water partition coefficient (Wildman–Crippen LogP) is 2.26. The quantitative estimate of drug-likeness (QED) is 0.859. The molecule has 112 valence electrons. The van der Waals surface area contributed by atoms with Crippen molar-refractivity contribution in [2.45, 2.75) is 25.0 Å². The highest BCUT2D eigenvalue weighted by molar-refractivity contribution is 5.91. The Morgan fingerprint density at radius 3 is 2.45 bits per heavy atom. The van der Waals surface area contributed by atoms with E-state index >= 15 is 0 Å². The van der Waals surface area contributed by atoms with E-state index in [1.165, 1.54) is 6.20 Å². The van der Waals surface area contributed by atoms with E-state index in [1.54, 1.807) is 42.5 Å². The maximum atomic E-state index is 12.4. The molecular weight excluding hydrogens is 280 g/mol. The van der Waals surface area contributed by atoms with E-state index in [2.05, 4.69) is 10.3 Å². The topological polar surface area (TPSA) is 68.3 Å². The van der Waals surface area contributed by atoms with Crippen molar-refractivity contribution in [1.82, 2.24) is 10.3 Å². The minimum absolute atomic E-state index is 0.183. The van der Waals surface area contributed by atoms with Crippen LogP contribution in [-0.4, -0.2) is 22.9 Å². The van der Waals surface area contributed by atoms with Crippen molar-refractivity contribution in [3.63, 3.8) is 0 Å². The Hall–Kier alpha value is -2.69. The third-order valence-corrected chi connectivity index (χ3v) is 3.36. The molecule has 1 amide bonds. The molecule has 0 unspecified atom stereocenters. The summed E-state index contributed by atoms with van der Waals surface area (Å²) < 4.78 is 5.40. The second-order valence-electron chi connectivity index (χ2n) is 5.19. The summed E-state index contributed by atoms with van der Waals surface area (Å²) in [5, 5.41) is 2.87. The molecule has 0 aliphatic heterocycles. The summed E-state index contributed by atoms with van der Waals surface area (Å²) >= 11 is 0. The van der Waals surface area contributed by atoms with E-state index in [4.69, 9.17) is 4.74 Å². The fourth-order valence-corrected chi connectivity index (χ4v) is 2.06. The largest absolute Gasteiger partial charge is 0.443 e. The zero-order valence-corrected chi connectivity index (χ0v) is 11.9. The smallest absolute Gasteiger partial charge is 0.358 e. The summed E-state index contributed by atoms with van der Waals surface area (Å²) in [5.74, 6) is -0.904. The van der Waals surface area contributed by atoms with E-state index in [0.29, 0.717) is 5.56 Å². The van der Waals surface area contributed by atoms with E-state index < -0.39 is 12.1 Å². The maximum Gasteiger partial charge on any atom is 0.358 e. The van der Waals surface area contributed by atoms with Crippen LogP contribution in [-0.2, 0) is 9.53 Å². The normalized spacial score (nSPS) is 14.9. The number of ether oxygens (including phenoxy) is 1. The summed E-state index contributed by atoms with van der Waals surface area (Å²) in [7, 11) is 0. The first kappa shape index (κ1) is 14.3. The fraction of sp³-hybridized carbons (Fsp3) is 0.235. The number of carbonyl (C=O) groups excluding carboxylic acids is 2. The number of aromatic nitrogens is 1. The number of carbonyl (C=O) groups is 2. The number of nitrogens with zero attached hydrogens (tertiary/aromatic N) is 1. The van der Waals surface area contributed by atoms with Crippen LogP contribution in [0.15, 0.2) is 54.7 Å². The van der Waals surface area contributed by atoms with E-state index in [0.717, 1.165) is 12.8 Å². The van der Waals surface area contributed by atoms with Crippen molar-refractivity contribution in [2.75, 3.05) is 0 Å². The van der Waals surface area contributed by atoms with Gasteiger partial charge in [-0.05, 0) is 25.0 Å². The first-order chi connectivity index (χ1) is 10.7. The third kappa shape index (κ3) is 3.49. The van der Waals surface area contributed by atoms with Gasteiger partial charge in [0.05, 0.1) is 0 Å². The van der Waals surface area contributed by atoms with Crippen molar-refractivity contribution in [1.29, 1.82) is 0 Å². The Labute approximate surface area is 128 Å². The van der Waals surface area contributed by atoms with Gasteiger partial charge in [0.15, 0.2) is 0 Å². The standard InChI is InChI=1S/C17H16N2O3/c20-16(19-13-9-10-13)15(12-6-2-1-3-7-12)22-17(21)14-8-4-5-11-18-14/h1-8,11,13,15H,9-10H2,(H,19,20)/t15-/m0/s1. The number of pyridine rings is 1. The molecule has 0 saturated heterocycles. The number of amides is 1. The fourth-order valence-electron chi connectivity index (χ4n) is 2.06. The van der Waals surface area contributed by atoms with Crippen LogP contribution < -0.4 is 5.32 Å². The molecule has 1 aliphatic rings. The number of esters is 1. The third-order valence-electron chi connectivity index (χ3n) is 3.36. The van der Waals surface area contributed by atoms with Crippen molar-refractivity contribution in [3.05, 3.63) is 66.0 Å². The highest BCUT2D eigenvalue weighted by Gasteiger charge is 2.31. The molecule has 0 bridgehead atoms. The van der Waals surface area contributed by atoms with E-state index in [-0.39, 0.29) is 17.6 Å². The van der Waals surface area contributed by atoms with Gasteiger partial charge in [-0.25, -0.2) is 9.78 Å². The predicted molar refractivity (Wildman–Crippen MR) is 80.0 cm³/mol. The molecule has 1 heterocycles. The number of nitrogens with one attached hydrogen (secondary N) is 1. The molecule has 5 nitrogen and oxygen atoms in total. The van der Waals surface area contributed by atoms with E-state index in [1.807, 2.05) is 6.07 Å². The van der Waals surface area contributed by atoms with Crippen LogP contribution in [0.2, 0.25) is 0 Å².